The summed E-state index contributed by atoms with van der Waals surface area (Å²) in [7, 11) is -1.95. The van der Waals surface area contributed by atoms with Crippen molar-refractivity contribution in [1.29, 1.82) is 0 Å². The van der Waals surface area contributed by atoms with E-state index in [0.29, 0.717) is 10.7 Å². The minimum atomic E-state index is -3.52. The lowest BCUT2D eigenvalue weighted by Crippen LogP contribution is -2.27. The maximum absolute atomic E-state index is 12.6. The third-order valence-electron chi connectivity index (χ3n) is 3.66. The Kier molecular flexibility index (Phi) is 3.69. The summed E-state index contributed by atoms with van der Waals surface area (Å²) in [6.07, 6.45) is 5.36. The summed E-state index contributed by atoms with van der Waals surface area (Å²) in [5.74, 6) is 0.622. The number of sulfonamides is 1. The molecule has 3 rings (SSSR count). The van der Waals surface area contributed by atoms with Crippen molar-refractivity contribution in [2.45, 2.75) is 24.3 Å². The zero-order valence-corrected chi connectivity index (χ0v) is 12.7. The van der Waals surface area contributed by atoms with E-state index >= 15 is 0 Å². The second-order valence-electron chi connectivity index (χ2n) is 5.15. The molecule has 0 spiro atoms. The van der Waals surface area contributed by atoms with Gasteiger partial charge in [0.05, 0.1) is 11.4 Å². The lowest BCUT2D eigenvalue weighted by Gasteiger charge is -2.21. The molecule has 0 saturated heterocycles. The average molecular weight is 306 g/mol. The Morgan fingerprint density at radius 3 is 3.00 bits per heavy atom. The number of aromatic nitrogens is 2. The first-order valence-electron chi connectivity index (χ1n) is 6.89. The van der Waals surface area contributed by atoms with Crippen molar-refractivity contribution in [3.8, 4) is 0 Å². The molecule has 0 unspecified atom stereocenters. The molecule has 112 valence electrons. The van der Waals surface area contributed by atoms with Crippen LogP contribution in [-0.2, 0) is 23.0 Å². The van der Waals surface area contributed by atoms with Crippen LogP contribution in [0.5, 0.6) is 0 Å². The standard InChI is InChI=1S/C14H18N4O2S/c1-18(10-14-16-7-8-17-14)21(19,20)12-5-4-11-3-2-6-15-13(11)9-12/h4-5,7-9,15H,2-3,6,10H2,1H3,(H,16,17). The van der Waals surface area contributed by atoms with Gasteiger partial charge in [0.25, 0.3) is 0 Å². The van der Waals surface area contributed by atoms with Crippen molar-refractivity contribution < 1.29 is 8.42 Å². The predicted molar refractivity (Wildman–Crippen MR) is 80.5 cm³/mol. The fourth-order valence-electron chi connectivity index (χ4n) is 2.46. The first kappa shape index (κ1) is 14.1. The molecule has 1 aromatic carbocycles. The molecule has 0 bridgehead atoms. The number of anilines is 1. The minimum Gasteiger partial charge on any atom is -0.385 e. The fraction of sp³-hybridized carbons (Fsp3) is 0.357. The Hall–Kier alpha value is -1.86. The summed E-state index contributed by atoms with van der Waals surface area (Å²) in [6, 6.07) is 5.30. The van der Waals surface area contributed by atoms with Crippen LogP contribution in [0.1, 0.15) is 17.8 Å². The summed E-state index contributed by atoms with van der Waals surface area (Å²) in [6.45, 7) is 1.11. The molecular formula is C14H18N4O2S. The van der Waals surface area contributed by atoms with E-state index in [1.807, 2.05) is 6.07 Å². The molecule has 1 aliphatic rings. The molecule has 6 nitrogen and oxygen atoms in total. The topological polar surface area (TPSA) is 78.1 Å². The maximum Gasteiger partial charge on any atom is 0.243 e. The number of H-pyrrole nitrogens is 1. The molecule has 2 aromatic rings. The van der Waals surface area contributed by atoms with Gasteiger partial charge in [0.1, 0.15) is 5.82 Å². The highest BCUT2D eigenvalue weighted by Crippen LogP contribution is 2.26. The van der Waals surface area contributed by atoms with Crippen LogP contribution in [0.4, 0.5) is 5.69 Å². The molecule has 0 radical (unpaired) electrons. The first-order valence-corrected chi connectivity index (χ1v) is 8.33. The Morgan fingerprint density at radius 1 is 1.38 bits per heavy atom. The Balaban J connectivity index is 1.87. The van der Waals surface area contributed by atoms with Crippen molar-refractivity contribution in [2.75, 3.05) is 18.9 Å². The van der Waals surface area contributed by atoms with Gasteiger partial charge in [-0.1, -0.05) is 6.07 Å². The van der Waals surface area contributed by atoms with Gasteiger partial charge in [0.2, 0.25) is 10.0 Å². The second-order valence-corrected chi connectivity index (χ2v) is 7.19. The number of nitrogens with zero attached hydrogens (tertiary/aromatic N) is 2. The van der Waals surface area contributed by atoms with Crippen LogP contribution >= 0.6 is 0 Å². The quantitative estimate of drug-likeness (QED) is 0.899. The second kappa shape index (κ2) is 5.50. The maximum atomic E-state index is 12.6. The lowest BCUT2D eigenvalue weighted by atomic mass is 10.0. The van der Waals surface area contributed by atoms with Crippen molar-refractivity contribution in [2.24, 2.45) is 0 Å². The largest absolute Gasteiger partial charge is 0.385 e. The van der Waals surface area contributed by atoms with Crippen LogP contribution in [0.25, 0.3) is 0 Å². The Morgan fingerprint density at radius 2 is 2.24 bits per heavy atom. The van der Waals surface area contributed by atoms with Crippen LogP contribution in [0.15, 0.2) is 35.5 Å². The van der Waals surface area contributed by atoms with E-state index in [1.54, 1.807) is 31.6 Å². The number of imidazole rings is 1. The molecular weight excluding hydrogens is 288 g/mol. The molecule has 2 heterocycles. The molecule has 0 fully saturated rings. The molecule has 1 aliphatic heterocycles. The van der Waals surface area contributed by atoms with Crippen molar-refractivity contribution >= 4 is 15.7 Å². The van der Waals surface area contributed by atoms with Gasteiger partial charge in [-0.25, -0.2) is 13.4 Å². The number of aromatic amines is 1. The third-order valence-corrected chi connectivity index (χ3v) is 5.45. The fourth-order valence-corrected chi connectivity index (χ4v) is 3.62. The zero-order valence-electron chi connectivity index (χ0n) is 11.8. The summed E-state index contributed by atoms with van der Waals surface area (Å²) in [5.41, 5.74) is 2.10. The number of nitrogens with one attached hydrogen (secondary N) is 2. The van der Waals surface area contributed by atoms with Gasteiger partial charge in [-0.3, -0.25) is 0 Å². The highest BCUT2D eigenvalue weighted by Gasteiger charge is 2.23. The van der Waals surface area contributed by atoms with Gasteiger partial charge in [-0.2, -0.15) is 4.31 Å². The van der Waals surface area contributed by atoms with E-state index in [4.69, 9.17) is 0 Å². The molecule has 0 aliphatic carbocycles. The normalized spacial score (nSPS) is 14.8. The van der Waals surface area contributed by atoms with Crippen LogP contribution < -0.4 is 5.32 Å². The van der Waals surface area contributed by atoms with Gasteiger partial charge in [0, 0.05) is 31.7 Å². The smallest absolute Gasteiger partial charge is 0.243 e. The van der Waals surface area contributed by atoms with Gasteiger partial charge >= 0.3 is 0 Å². The van der Waals surface area contributed by atoms with Crippen LogP contribution in [0.2, 0.25) is 0 Å². The number of hydrogen-bond acceptors (Lipinski definition) is 4. The number of benzene rings is 1. The van der Waals surface area contributed by atoms with E-state index in [9.17, 15) is 8.42 Å². The number of rotatable bonds is 4. The first-order chi connectivity index (χ1) is 10.1. The number of fused-ring (bicyclic) bond motifs is 1. The summed E-state index contributed by atoms with van der Waals surface area (Å²) >= 11 is 0. The van der Waals surface area contributed by atoms with Gasteiger partial charge in [-0.05, 0) is 30.5 Å². The molecule has 0 amide bonds. The predicted octanol–water partition coefficient (Wildman–Crippen LogP) is 1.59. The molecule has 21 heavy (non-hydrogen) atoms. The van der Waals surface area contributed by atoms with Crippen LogP contribution in [-0.4, -0.2) is 36.3 Å². The van der Waals surface area contributed by atoms with Gasteiger partial charge in [0.15, 0.2) is 0 Å². The van der Waals surface area contributed by atoms with Crippen LogP contribution in [0.3, 0.4) is 0 Å². The minimum absolute atomic E-state index is 0.222. The summed E-state index contributed by atoms with van der Waals surface area (Å²) < 4.78 is 26.5. The van der Waals surface area contributed by atoms with E-state index in [1.165, 1.54) is 9.87 Å². The Bertz CT molecular complexity index is 725. The lowest BCUT2D eigenvalue weighted by molar-refractivity contribution is 0.458. The monoisotopic (exact) mass is 306 g/mol. The molecule has 0 saturated carbocycles. The third kappa shape index (κ3) is 2.79. The van der Waals surface area contributed by atoms with Gasteiger partial charge in [-0.15, -0.1) is 0 Å². The molecule has 0 atom stereocenters. The molecule has 2 N–H and O–H groups in total. The van der Waals surface area contributed by atoms with Crippen LogP contribution in [0, 0.1) is 0 Å². The van der Waals surface area contributed by atoms with E-state index in [0.717, 1.165) is 25.1 Å². The molecule has 1 aromatic heterocycles. The number of hydrogen-bond donors (Lipinski definition) is 2. The van der Waals surface area contributed by atoms with E-state index in [-0.39, 0.29) is 6.54 Å². The SMILES string of the molecule is CN(Cc1ncc[nH]1)S(=O)(=O)c1ccc2c(c1)NCCC2. The highest BCUT2D eigenvalue weighted by atomic mass is 32.2. The highest BCUT2D eigenvalue weighted by molar-refractivity contribution is 7.89. The molecule has 7 heteroatoms. The summed E-state index contributed by atoms with van der Waals surface area (Å²) in [4.78, 5) is 7.28. The van der Waals surface area contributed by atoms with Crippen molar-refractivity contribution in [1.82, 2.24) is 14.3 Å². The zero-order chi connectivity index (χ0) is 14.9. The van der Waals surface area contributed by atoms with Crippen molar-refractivity contribution in [3.63, 3.8) is 0 Å². The van der Waals surface area contributed by atoms with E-state index in [2.05, 4.69) is 15.3 Å². The number of aryl methyl sites for hydroxylation is 1. The summed E-state index contributed by atoms with van der Waals surface area (Å²) in [5, 5.41) is 3.26. The van der Waals surface area contributed by atoms with Gasteiger partial charge < -0.3 is 10.3 Å². The van der Waals surface area contributed by atoms with E-state index < -0.39 is 10.0 Å². The Labute approximate surface area is 124 Å². The average Bonchev–Trinajstić information content (AvgIpc) is 2.99. The van der Waals surface area contributed by atoms with Crippen molar-refractivity contribution in [3.05, 3.63) is 42.0 Å².